The zero-order valence-corrected chi connectivity index (χ0v) is 10.0. The molecule has 0 aliphatic rings. The number of fused-ring (bicyclic) bond motifs is 1. The summed E-state index contributed by atoms with van der Waals surface area (Å²) in [5.74, 6) is -1.02. The number of para-hydroxylation sites is 1. The summed E-state index contributed by atoms with van der Waals surface area (Å²) < 4.78 is 1.78. The van der Waals surface area contributed by atoms with Crippen molar-refractivity contribution >= 4 is 16.9 Å². The highest BCUT2D eigenvalue weighted by Gasteiger charge is 2.12. The van der Waals surface area contributed by atoms with Crippen molar-refractivity contribution in [3.05, 3.63) is 60.0 Å². The van der Waals surface area contributed by atoms with Gasteiger partial charge in [0.05, 0.1) is 18.3 Å². The van der Waals surface area contributed by atoms with E-state index < -0.39 is 5.97 Å². The van der Waals surface area contributed by atoms with Gasteiger partial charge in [-0.25, -0.2) is 9.78 Å². The molecule has 2 aromatic heterocycles. The van der Waals surface area contributed by atoms with Gasteiger partial charge in [0.1, 0.15) is 0 Å². The molecule has 0 radical (unpaired) electrons. The standard InChI is InChI=1S/C14H11N3O2/c18-14(19)13-11(5-3-7-15-13)9-17-12-6-2-1-4-10(12)8-16-17/h1-8H,9H2,(H,18,19). The Morgan fingerprint density at radius 1 is 1.21 bits per heavy atom. The second kappa shape index (κ2) is 4.53. The number of nitrogens with zero attached hydrogens (tertiary/aromatic N) is 3. The smallest absolute Gasteiger partial charge is 0.354 e. The van der Waals surface area contributed by atoms with Crippen LogP contribution < -0.4 is 0 Å². The molecule has 19 heavy (non-hydrogen) atoms. The topological polar surface area (TPSA) is 68.0 Å². The Balaban J connectivity index is 2.04. The molecule has 5 nitrogen and oxygen atoms in total. The molecule has 0 spiro atoms. The summed E-state index contributed by atoms with van der Waals surface area (Å²) in [4.78, 5) is 15.0. The fourth-order valence-electron chi connectivity index (χ4n) is 2.07. The summed E-state index contributed by atoms with van der Waals surface area (Å²) in [6.07, 6.45) is 3.25. The number of benzene rings is 1. The minimum Gasteiger partial charge on any atom is -0.477 e. The van der Waals surface area contributed by atoms with E-state index in [-0.39, 0.29) is 5.69 Å². The molecule has 2 heterocycles. The van der Waals surface area contributed by atoms with E-state index in [2.05, 4.69) is 10.1 Å². The molecule has 0 fully saturated rings. The number of aromatic carboxylic acids is 1. The molecule has 1 aromatic carbocycles. The molecule has 0 saturated carbocycles. The van der Waals surface area contributed by atoms with Gasteiger partial charge in [-0.1, -0.05) is 24.3 Å². The van der Waals surface area contributed by atoms with Crippen molar-refractivity contribution in [2.75, 3.05) is 0 Å². The van der Waals surface area contributed by atoms with Gasteiger partial charge in [-0.15, -0.1) is 0 Å². The van der Waals surface area contributed by atoms with Crippen LogP contribution in [-0.4, -0.2) is 25.8 Å². The third kappa shape index (κ3) is 2.06. The lowest BCUT2D eigenvalue weighted by Gasteiger charge is -2.06. The Morgan fingerprint density at radius 3 is 2.89 bits per heavy atom. The van der Waals surface area contributed by atoms with Gasteiger partial charge in [-0.3, -0.25) is 4.68 Å². The highest BCUT2D eigenvalue weighted by molar-refractivity contribution is 5.87. The van der Waals surface area contributed by atoms with E-state index in [0.717, 1.165) is 10.9 Å². The maximum absolute atomic E-state index is 11.1. The summed E-state index contributed by atoms with van der Waals surface area (Å²) >= 11 is 0. The number of carboxylic acids is 1. The van der Waals surface area contributed by atoms with Crippen LogP contribution in [0, 0.1) is 0 Å². The summed E-state index contributed by atoms with van der Waals surface area (Å²) in [7, 11) is 0. The fraction of sp³-hybridized carbons (Fsp3) is 0.0714. The van der Waals surface area contributed by atoms with Crippen molar-refractivity contribution in [1.29, 1.82) is 0 Å². The molecule has 0 aliphatic carbocycles. The van der Waals surface area contributed by atoms with Gasteiger partial charge in [-0.05, 0) is 12.1 Å². The zero-order valence-electron chi connectivity index (χ0n) is 10.0. The SMILES string of the molecule is O=C(O)c1ncccc1Cn1ncc2ccccc21. The number of hydrogen-bond acceptors (Lipinski definition) is 3. The average molecular weight is 253 g/mol. The van der Waals surface area contributed by atoms with E-state index in [1.54, 1.807) is 23.0 Å². The highest BCUT2D eigenvalue weighted by Crippen LogP contribution is 2.15. The quantitative estimate of drug-likeness (QED) is 0.776. The molecule has 1 N–H and O–H groups in total. The maximum Gasteiger partial charge on any atom is 0.354 e. The summed E-state index contributed by atoms with van der Waals surface area (Å²) in [6, 6.07) is 11.3. The molecule has 94 valence electrons. The van der Waals surface area contributed by atoms with Crippen molar-refractivity contribution in [2.45, 2.75) is 6.54 Å². The van der Waals surface area contributed by atoms with Crippen molar-refractivity contribution < 1.29 is 9.90 Å². The Morgan fingerprint density at radius 2 is 2.05 bits per heavy atom. The molecule has 0 atom stereocenters. The van der Waals surface area contributed by atoms with Crippen LogP contribution in [0.1, 0.15) is 16.1 Å². The lowest BCUT2D eigenvalue weighted by molar-refractivity contribution is 0.0689. The van der Waals surface area contributed by atoms with Crippen LogP contribution in [0.25, 0.3) is 10.9 Å². The molecule has 0 unspecified atom stereocenters. The van der Waals surface area contributed by atoms with Crippen LogP contribution in [0.15, 0.2) is 48.8 Å². The van der Waals surface area contributed by atoms with Crippen LogP contribution in [0.3, 0.4) is 0 Å². The second-order valence-corrected chi connectivity index (χ2v) is 4.18. The third-order valence-electron chi connectivity index (χ3n) is 2.97. The lowest BCUT2D eigenvalue weighted by atomic mass is 10.2. The monoisotopic (exact) mass is 253 g/mol. The number of carboxylic acid groups (broad SMARTS) is 1. The first-order chi connectivity index (χ1) is 9.25. The molecule has 3 aromatic rings. The predicted molar refractivity (Wildman–Crippen MR) is 70.0 cm³/mol. The number of hydrogen-bond donors (Lipinski definition) is 1. The second-order valence-electron chi connectivity index (χ2n) is 4.18. The molecule has 3 rings (SSSR count). The normalized spacial score (nSPS) is 10.7. The number of pyridine rings is 1. The van der Waals surface area contributed by atoms with Crippen LogP contribution in [-0.2, 0) is 6.54 Å². The largest absolute Gasteiger partial charge is 0.477 e. The fourth-order valence-corrected chi connectivity index (χ4v) is 2.07. The molecule has 0 amide bonds. The van der Waals surface area contributed by atoms with Crippen LogP contribution in [0.2, 0.25) is 0 Å². The van der Waals surface area contributed by atoms with Gasteiger partial charge < -0.3 is 5.11 Å². The van der Waals surface area contributed by atoms with Crippen molar-refractivity contribution in [1.82, 2.24) is 14.8 Å². The first kappa shape index (κ1) is 11.4. The van der Waals surface area contributed by atoms with E-state index in [4.69, 9.17) is 5.11 Å². The number of aromatic nitrogens is 3. The third-order valence-corrected chi connectivity index (χ3v) is 2.97. The Kier molecular flexibility index (Phi) is 2.72. The lowest BCUT2D eigenvalue weighted by Crippen LogP contribution is -2.09. The number of rotatable bonds is 3. The molecule has 5 heteroatoms. The number of carbonyl (C=O) groups is 1. The van der Waals surface area contributed by atoms with E-state index in [9.17, 15) is 4.79 Å². The zero-order chi connectivity index (χ0) is 13.2. The van der Waals surface area contributed by atoms with E-state index in [1.807, 2.05) is 24.3 Å². The molecular weight excluding hydrogens is 242 g/mol. The summed E-state index contributed by atoms with van der Waals surface area (Å²) in [6.45, 7) is 0.392. The summed E-state index contributed by atoms with van der Waals surface area (Å²) in [5, 5.41) is 14.4. The molecule has 0 aliphatic heterocycles. The van der Waals surface area contributed by atoms with Gasteiger partial charge in [-0.2, -0.15) is 5.10 Å². The highest BCUT2D eigenvalue weighted by atomic mass is 16.4. The summed E-state index contributed by atoms with van der Waals surface area (Å²) in [5.41, 5.74) is 1.69. The molecule has 0 bridgehead atoms. The van der Waals surface area contributed by atoms with Crippen LogP contribution in [0.4, 0.5) is 0 Å². The maximum atomic E-state index is 11.1. The Bertz CT molecular complexity index is 749. The Labute approximate surface area is 109 Å². The van der Waals surface area contributed by atoms with Crippen molar-refractivity contribution in [2.24, 2.45) is 0 Å². The Hall–Kier alpha value is -2.69. The van der Waals surface area contributed by atoms with Gasteiger partial charge in [0, 0.05) is 17.1 Å². The minimum absolute atomic E-state index is 0.0714. The van der Waals surface area contributed by atoms with Gasteiger partial charge in [0.2, 0.25) is 0 Å². The molecule has 0 saturated heterocycles. The van der Waals surface area contributed by atoms with Crippen LogP contribution >= 0.6 is 0 Å². The van der Waals surface area contributed by atoms with E-state index >= 15 is 0 Å². The van der Waals surface area contributed by atoms with Crippen molar-refractivity contribution in [3.8, 4) is 0 Å². The first-order valence-electron chi connectivity index (χ1n) is 5.83. The van der Waals surface area contributed by atoms with Gasteiger partial charge in [0.25, 0.3) is 0 Å². The van der Waals surface area contributed by atoms with Crippen LogP contribution in [0.5, 0.6) is 0 Å². The average Bonchev–Trinajstić information content (AvgIpc) is 2.83. The van der Waals surface area contributed by atoms with E-state index in [0.29, 0.717) is 12.1 Å². The van der Waals surface area contributed by atoms with Gasteiger partial charge in [0.15, 0.2) is 5.69 Å². The predicted octanol–water partition coefficient (Wildman–Crippen LogP) is 2.18. The van der Waals surface area contributed by atoms with Gasteiger partial charge >= 0.3 is 5.97 Å². The van der Waals surface area contributed by atoms with E-state index in [1.165, 1.54) is 6.20 Å². The first-order valence-corrected chi connectivity index (χ1v) is 5.83. The minimum atomic E-state index is -1.02. The molecular formula is C14H11N3O2. The van der Waals surface area contributed by atoms with Crippen molar-refractivity contribution in [3.63, 3.8) is 0 Å².